The number of pyridine rings is 1. The molecule has 0 amide bonds. The summed E-state index contributed by atoms with van der Waals surface area (Å²) in [6.45, 7) is 0. The Morgan fingerprint density at radius 1 is 1.28 bits per heavy atom. The zero-order chi connectivity index (χ0) is 13.1. The SMILES string of the molecule is N#Cc1ccnc(Nc2ccc(F)cc2F)c1N. The van der Waals surface area contributed by atoms with Gasteiger partial charge in [-0.2, -0.15) is 5.26 Å². The molecule has 0 atom stereocenters. The van der Waals surface area contributed by atoms with E-state index < -0.39 is 11.6 Å². The Bertz CT molecular complexity index is 634. The van der Waals surface area contributed by atoms with Gasteiger partial charge in [0.2, 0.25) is 0 Å². The first kappa shape index (κ1) is 11.8. The molecule has 6 heteroatoms. The number of hydrogen-bond acceptors (Lipinski definition) is 4. The number of nitrogen functional groups attached to an aromatic ring is 1. The number of hydrogen-bond donors (Lipinski definition) is 2. The number of nitrogens with two attached hydrogens (primary N) is 1. The molecule has 1 aromatic carbocycles. The highest BCUT2D eigenvalue weighted by atomic mass is 19.1. The number of nitrogens with one attached hydrogen (secondary N) is 1. The summed E-state index contributed by atoms with van der Waals surface area (Å²) in [5, 5.41) is 11.4. The van der Waals surface area contributed by atoms with E-state index in [1.54, 1.807) is 0 Å². The predicted molar refractivity (Wildman–Crippen MR) is 63.0 cm³/mol. The third kappa shape index (κ3) is 2.20. The van der Waals surface area contributed by atoms with Gasteiger partial charge in [0.05, 0.1) is 16.9 Å². The van der Waals surface area contributed by atoms with Crippen molar-refractivity contribution >= 4 is 17.2 Å². The standard InChI is InChI=1S/C12H8F2N4/c13-8-1-2-10(9(14)5-8)18-12-11(16)7(6-15)3-4-17-12/h1-5H,16H2,(H,17,18). The fourth-order valence-corrected chi connectivity index (χ4v) is 1.39. The minimum atomic E-state index is -0.765. The van der Waals surface area contributed by atoms with E-state index in [9.17, 15) is 8.78 Å². The van der Waals surface area contributed by atoms with E-state index in [1.165, 1.54) is 18.3 Å². The fraction of sp³-hybridized carbons (Fsp3) is 0. The van der Waals surface area contributed by atoms with Crippen LogP contribution < -0.4 is 11.1 Å². The molecule has 2 rings (SSSR count). The number of nitrogens with zero attached hydrogens (tertiary/aromatic N) is 2. The first-order chi connectivity index (χ1) is 8.61. The maximum absolute atomic E-state index is 13.4. The van der Waals surface area contributed by atoms with Gasteiger partial charge in [-0.15, -0.1) is 0 Å². The number of anilines is 3. The first-order valence-electron chi connectivity index (χ1n) is 4.98. The van der Waals surface area contributed by atoms with Crippen LogP contribution in [0, 0.1) is 23.0 Å². The van der Waals surface area contributed by atoms with Gasteiger partial charge in [-0.1, -0.05) is 0 Å². The molecule has 0 saturated heterocycles. The van der Waals surface area contributed by atoms with Gasteiger partial charge in [-0.25, -0.2) is 13.8 Å². The Morgan fingerprint density at radius 2 is 2.06 bits per heavy atom. The minimum Gasteiger partial charge on any atom is -0.395 e. The van der Waals surface area contributed by atoms with E-state index in [-0.39, 0.29) is 22.8 Å². The van der Waals surface area contributed by atoms with Crippen molar-refractivity contribution in [3.8, 4) is 6.07 Å². The Hall–Kier alpha value is -2.68. The number of rotatable bonds is 2. The second-order valence-corrected chi connectivity index (χ2v) is 3.48. The molecule has 2 aromatic rings. The van der Waals surface area contributed by atoms with Gasteiger partial charge >= 0.3 is 0 Å². The van der Waals surface area contributed by atoms with Crippen LogP contribution in [0.5, 0.6) is 0 Å². The number of aromatic nitrogens is 1. The van der Waals surface area contributed by atoms with Gasteiger partial charge in [-0.05, 0) is 18.2 Å². The highest BCUT2D eigenvalue weighted by Gasteiger charge is 2.09. The quantitative estimate of drug-likeness (QED) is 0.853. The molecule has 0 radical (unpaired) electrons. The van der Waals surface area contributed by atoms with Gasteiger partial charge in [0.25, 0.3) is 0 Å². The Morgan fingerprint density at radius 3 is 2.72 bits per heavy atom. The van der Waals surface area contributed by atoms with Gasteiger partial charge in [0, 0.05) is 12.3 Å². The molecule has 1 aromatic heterocycles. The van der Waals surface area contributed by atoms with Crippen molar-refractivity contribution in [2.45, 2.75) is 0 Å². The summed E-state index contributed by atoms with van der Waals surface area (Å²) >= 11 is 0. The van der Waals surface area contributed by atoms with Crippen LogP contribution in [-0.4, -0.2) is 4.98 Å². The lowest BCUT2D eigenvalue weighted by atomic mass is 10.2. The van der Waals surface area contributed by atoms with Gasteiger partial charge in [0.15, 0.2) is 5.82 Å². The molecule has 0 aliphatic rings. The zero-order valence-electron chi connectivity index (χ0n) is 9.11. The third-order valence-corrected chi connectivity index (χ3v) is 2.29. The maximum Gasteiger partial charge on any atom is 0.155 e. The number of benzene rings is 1. The van der Waals surface area contributed by atoms with Crippen molar-refractivity contribution in [1.29, 1.82) is 5.26 Å². The molecule has 0 aliphatic carbocycles. The molecule has 0 spiro atoms. The van der Waals surface area contributed by atoms with E-state index in [2.05, 4.69) is 10.3 Å². The van der Waals surface area contributed by atoms with Crippen LogP contribution in [0.2, 0.25) is 0 Å². The van der Waals surface area contributed by atoms with E-state index in [1.807, 2.05) is 6.07 Å². The molecule has 1 heterocycles. The number of nitriles is 1. The number of halogens is 2. The van der Waals surface area contributed by atoms with Crippen LogP contribution in [-0.2, 0) is 0 Å². The molecule has 0 unspecified atom stereocenters. The highest BCUT2D eigenvalue weighted by Crippen LogP contribution is 2.25. The van der Waals surface area contributed by atoms with Gasteiger partial charge in [0.1, 0.15) is 17.7 Å². The van der Waals surface area contributed by atoms with Crippen molar-refractivity contribution in [1.82, 2.24) is 4.98 Å². The molecule has 0 saturated carbocycles. The summed E-state index contributed by atoms with van der Waals surface area (Å²) in [5.74, 6) is -1.29. The smallest absolute Gasteiger partial charge is 0.155 e. The second-order valence-electron chi connectivity index (χ2n) is 3.48. The third-order valence-electron chi connectivity index (χ3n) is 2.29. The molecule has 0 fully saturated rings. The fourth-order valence-electron chi connectivity index (χ4n) is 1.39. The largest absolute Gasteiger partial charge is 0.395 e. The molecule has 3 N–H and O–H groups in total. The molecular formula is C12H8F2N4. The summed E-state index contributed by atoms with van der Waals surface area (Å²) in [7, 11) is 0. The predicted octanol–water partition coefficient (Wildman–Crippen LogP) is 2.56. The van der Waals surface area contributed by atoms with Crippen molar-refractivity contribution in [2.75, 3.05) is 11.1 Å². The van der Waals surface area contributed by atoms with Gasteiger partial charge < -0.3 is 11.1 Å². The van der Waals surface area contributed by atoms with Crippen LogP contribution in [0.4, 0.5) is 26.0 Å². The van der Waals surface area contributed by atoms with Crippen molar-refractivity contribution in [3.05, 3.63) is 47.7 Å². The lowest BCUT2D eigenvalue weighted by Crippen LogP contribution is -2.02. The van der Waals surface area contributed by atoms with Crippen molar-refractivity contribution in [2.24, 2.45) is 0 Å². The molecular weight excluding hydrogens is 238 g/mol. The lowest BCUT2D eigenvalue weighted by Gasteiger charge is -2.09. The summed E-state index contributed by atoms with van der Waals surface area (Å²) in [6, 6.07) is 6.41. The maximum atomic E-state index is 13.4. The molecule has 18 heavy (non-hydrogen) atoms. The summed E-state index contributed by atoms with van der Waals surface area (Å²) in [6.07, 6.45) is 1.37. The summed E-state index contributed by atoms with van der Waals surface area (Å²) in [5.41, 5.74) is 6.06. The van der Waals surface area contributed by atoms with Crippen molar-refractivity contribution in [3.63, 3.8) is 0 Å². The second kappa shape index (κ2) is 4.67. The lowest BCUT2D eigenvalue weighted by molar-refractivity contribution is 0.586. The molecule has 4 nitrogen and oxygen atoms in total. The van der Waals surface area contributed by atoms with E-state index in [0.717, 1.165) is 12.1 Å². The van der Waals surface area contributed by atoms with E-state index in [0.29, 0.717) is 0 Å². The Labute approximate surface area is 102 Å². The van der Waals surface area contributed by atoms with Crippen molar-refractivity contribution < 1.29 is 8.78 Å². The van der Waals surface area contributed by atoms with E-state index in [4.69, 9.17) is 11.0 Å². The van der Waals surface area contributed by atoms with Crippen LogP contribution in [0.15, 0.2) is 30.5 Å². The van der Waals surface area contributed by atoms with Crippen LogP contribution in [0.25, 0.3) is 0 Å². The van der Waals surface area contributed by atoms with E-state index >= 15 is 0 Å². The topological polar surface area (TPSA) is 74.7 Å². The minimum absolute atomic E-state index is 0.0330. The average Bonchev–Trinajstić information content (AvgIpc) is 2.35. The zero-order valence-corrected chi connectivity index (χ0v) is 9.11. The Kier molecular flexibility index (Phi) is 3.06. The molecule has 90 valence electrons. The highest BCUT2D eigenvalue weighted by molar-refractivity contribution is 5.73. The first-order valence-corrected chi connectivity index (χ1v) is 4.98. The summed E-state index contributed by atoms with van der Waals surface area (Å²) < 4.78 is 26.1. The Balaban J connectivity index is 2.38. The van der Waals surface area contributed by atoms with Crippen LogP contribution in [0.1, 0.15) is 5.56 Å². The molecule has 0 aliphatic heterocycles. The van der Waals surface area contributed by atoms with Crippen LogP contribution in [0.3, 0.4) is 0 Å². The summed E-state index contributed by atoms with van der Waals surface area (Å²) in [4.78, 5) is 3.90. The van der Waals surface area contributed by atoms with Crippen LogP contribution >= 0.6 is 0 Å². The molecule has 0 bridgehead atoms. The normalized spacial score (nSPS) is 9.83. The van der Waals surface area contributed by atoms with Gasteiger partial charge in [-0.3, -0.25) is 0 Å². The monoisotopic (exact) mass is 246 g/mol. The average molecular weight is 246 g/mol.